The van der Waals surface area contributed by atoms with Crippen LogP contribution in [0.25, 0.3) is 0 Å². The molecule has 1 aromatic rings. The van der Waals surface area contributed by atoms with Crippen molar-refractivity contribution in [1.82, 2.24) is 10.2 Å². The van der Waals surface area contributed by atoms with Gasteiger partial charge in [-0.05, 0) is 18.6 Å². The molecular formula is C15H17F5N2O2. The smallest absolute Gasteiger partial charge is 0.352 e. The van der Waals surface area contributed by atoms with Crippen LogP contribution in [0.3, 0.4) is 0 Å². The Labute approximate surface area is 135 Å². The van der Waals surface area contributed by atoms with Gasteiger partial charge in [0.15, 0.2) is 0 Å². The van der Waals surface area contributed by atoms with Crippen molar-refractivity contribution in [2.24, 2.45) is 0 Å². The summed E-state index contributed by atoms with van der Waals surface area (Å²) >= 11 is 0. The predicted molar refractivity (Wildman–Crippen MR) is 76.2 cm³/mol. The first-order valence-electron chi connectivity index (χ1n) is 7.14. The van der Waals surface area contributed by atoms with E-state index in [1.54, 1.807) is 0 Å². The fraction of sp³-hybridized carbons (Fsp3) is 0.467. The van der Waals surface area contributed by atoms with Gasteiger partial charge in [0.05, 0.1) is 12.0 Å². The molecule has 134 valence electrons. The summed E-state index contributed by atoms with van der Waals surface area (Å²) in [7, 11) is 1.26. The third-order valence-corrected chi connectivity index (χ3v) is 3.19. The minimum absolute atomic E-state index is 0.0362. The zero-order chi connectivity index (χ0) is 18.3. The van der Waals surface area contributed by atoms with Crippen LogP contribution in [0.15, 0.2) is 18.2 Å². The first-order chi connectivity index (χ1) is 11.1. The van der Waals surface area contributed by atoms with Crippen LogP contribution in [0.5, 0.6) is 0 Å². The van der Waals surface area contributed by atoms with Crippen LogP contribution < -0.4 is 5.32 Å². The molecule has 1 rings (SSSR count). The lowest BCUT2D eigenvalue weighted by Gasteiger charge is -2.18. The summed E-state index contributed by atoms with van der Waals surface area (Å²) in [6, 6.07) is 2.52. The fourth-order valence-electron chi connectivity index (χ4n) is 1.82. The maximum Gasteiger partial charge on any atom is 0.390 e. The molecule has 0 radical (unpaired) electrons. The molecule has 1 aromatic carbocycles. The second-order valence-corrected chi connectivity index (χ2v) is 5.16. The third kappa shape index (κ3) is 6.93. The molecule has 0 aliphatic carbocycles. The highest BCUT2D eigenvalue weighted by atomic mass is 19.4. The lowest BCUT2D eigenvalue weighted by atomic mass is 10.2. The van der Waals surface area contributed by atoms with E-state index in [-0.39, 0.29) is 24.9 Å². The number of nitrogens with one attached hydrogen (secondary N) is 1. The Kier molecular flexibility index (Phi) is 7.12. The number of alkyl halides is 3. The minimum atomic E-state index is -4.33. The molecule has 0 atom stereocenters. The van der Waals surface area contributed by atoms with E-state index in [9.17, 15) is 31.5 Å². The quantitative estimate of drug-likeness (QED) is 0.606. The molecule has 0 aliphatic rings. The number of carbonyl (C=O) groups is 2. The number of nitrogens with zero attached hydrogens (tertiary/aromatic N) is 1. The summed E-state index contributed by atoms with van der Waals surface area (Å²) in [5.41, 5.74) is -0.329. The van der Waals surface area contributed by atoms with E-state index in [0.29, 0.717) is 6.07 Å². The second-order valence-electron chi connectivity index (χ2n) is 5.16. The van der Waals surface area contributed by atoms with E-state index >= 15 is 0 Å². The minimum Gasteiger partial charge on any atom is -0.352 e. The Hall–Kier alpha value is -2.19. The number of hydrogen-bond donors (Lipinski definition) is 1. The van der Waals surface area contributed by atoms with Crippen molar-refractivity contribution in [3.63, 3.8) is 0 Å². The maximum atomic E-state index is 13.4. The number of carbonyl (C=O) groups excluding carboxylic acids is 2. The van der Waals surface area contributed by atoms with E-state index in [2.05, 4.69) is 5.32 Å². The second kappa shape index (κ2) is 8.60. The average molecular weight is 352 g/mol. The van der Waals surface area contributed by atoms with Gasteiger partial charge in [-0.15, -0.1) is 0 Å². The number of benzene rings is 1. The van der Waals surface area contributed by atoms with E-state index < -0.39 is 42.6 Å². The molecule has 24 heavy (non-hydrogen) atoms. The normalized spacial score (nSPS) is 11.2. The molecule has 0 saturated carbocycles. The molecule has 9 heteroatoms. The van der Waals surface area contributed by atoms with Crippen molar-refractivity contribution in [3.05, 3.63) is 35.4 Å². The lowest BCUT2D eigenvalue weighted by molar-refractivity contribution is -0.144. The molecule has 0 aliphatic heterocycles. The molecule has 2 amide bonds. The van der Waals surface area contributed by atoms with Gasteiger partial charge in [-0.2, -0.15) is 13.2 Å². The number of hydrogen-bond acceptors (Lipinski definition) is 2. The van der Waals surface area contributed by atoms with Crippen molar-refractivity contribution >= 4 is 11.8 Å². The van der Waals surface area contributed by atoms with Gasteiger partial charge in [-0.3, -0.25) is 9.59 Å². The Morgan fingerprint density at radius 3 is 2.46 bits per heavy atom. The highest BCUT2D eigenvalue weighted by molar-refractivity contribution is 5.94. The standard InChI is InChI=1S/C15H17F5N2O2/c1-22(8-6-15(18,19)20)13(23)3-2-7-21-14(24)11-5-4-10(16)9-12(11)17/h4-5,9H,2-3,6-8H2,1H3,(H,21,24). The van der Waals surface area contributed by atoms with Crippen LogP contribution in [0.1, 0.15) is 29.6 Å². The van der Waals surface area contributed by atoms with Crippen molar-refractivity contribution in [2.45, 2.75) is 25.4 Å². The van der Waals surface area contributed by atoms with Crippen LogP contribution in [-0.4, -0.2) is 43.0 Å². The van der Waals surface area contributed by atoms with Crippen molar-refractivity contribution in [3.8, 4) is 0 Å². The summed E-state index contributed by atoms with van der Waals surface area (Å²) in [5.74, 6) is -3.06. The zero-order valence-corrected chi connectivity index (χ0v) is 12.9. The molecule has 0 fully saturated rings. The lowest BCUT2D eigenvalue weighted by Crippen LogP contribution is -2.31. The Morgan fingerprint density at radius 1 is 1.21 bits per heavy atom. The highest BCUT2D eigenvalue weighted by Crippen LogP contribution is 2.19. The molecule has 0 spiro atoms. The summed E-state index contributed by atoms with van der Waals surface area (Å²) in [5, 5.41) is 2.36. The van der Waals surface area contributed by atoms with Crippen LogP contribution in [-0.2, 0) is 4.79 Å². The van der Waals surface area contributed by atoms with Gasteiger partial charge in [-0.1, -0.05) is 0 Å². The largest absolute Gasteiger partial charge is 0.390 e. The van der Waals surface area contributed by atoms with Crippen molar-refractivity contribution in [2.75, 3.05) is 20.1 Å². The molecule has 0 saturated heterocycles. The molecule has 1 N–H and O–H groups in total. The third-order valence-electron chi connectivity index (χ3n) is 3.19. The zero-order valence-electron chi connectivity index (χ0n) is 12.9. The van der Waals surface area contributed by atoms with Gasteiger partial charge in [0.25, 0.3) is 5.91 Å². The van der Waals surface area contributed by atoms with E-state index in [0.717, 1.165) is 17.0 Å². The molecular weight excluding hydrogens is 335 g/mol. The van der Waals surface area contributed by atoms with E-state index in [4.69, 9.17) is 0 Å². The Morgan fingerprint density at radius 2 is 1.88 bits per heavy atom. The molecule has 0 unspecified atom stereocenters. The van der Waals surface area contributed by atoms with Crippen molar-refractivity contribution < 1.29 is 31.5 Å². The fourth-order valence-corrected chi connectivity index (χ4v) is 1.82. The monoisotopic (exact) mass is 352 g/mol. The van der Waals surface area contributed by atoms with Crippen LogP contribution in [0.2, 0.25) is 0 Å². The van der Waals surface area contributed by atoms with Gasteiger partial charge < -0.3 is 10.2 Å². The topological polar surface area (TPSA) is 49.4 Å². The number of rotatable bonds is 7. The van der Waals surface area contributed by atoms with Gasteiger partial charge >= 0.3 is 6.18 Å². The predicted octanol–water partition coefficient (Wildman–Crippen LogP) is 2.89. The van der Waals surface area contributed by atoms with Gasteiger partial charge in [-0.25, -0.2) is 8.78 Å². The summed E-state index contributed by atoms with van der Waals surface area (Å²) in [6.45, 7) is -0.399. The summed E-state index contributed by atoms with van der Waals surface area (Å²) in [6.07, 6.45) is -5.29. The summed E-state index contributed by atoms with van der Waals surface area (Å²) < 4.78 is 62.3. The Balaban J connectivity index is 2.32. The molecule has 4 nitrogen and oxygen atoms in total. The summed E-state index contributed by atoms with van der Waals surface area (Å²) in [4.78, 5) is 24.3. The highest BCUT2D eigenvalue weighted by Gasteiger charge is 2.27. The van der Waals surface area contributed by atoms with Gasteiger partial charge in [0.1, 0.15) is 11.6 Å². The van der Waals surface area contributed by atoms with E-state index in [1.165, 1.54) is 7.05 Å². The van der Waals surface area contributed by atoms with Crippen LogP contribution >= 0.6 is 0 Å². The molecule has 0 aromatic heterocycles. The Bertz CT molecular complexity index is 590. The van der Waals surface area contributed by atoms with Gasteiger partial charge in [0, 0.05) is 32.6 Å². The van der Waals surface area contributed by atoms with Crippen LogP contribution in [0.4, 0.5) is 22.0 Å². The first-order valence-corrected chi connectivity index (χ1v) is 7.14. The van der Waals surface area contributed by atoms with Gasteiger partial charge in [0.2, 0.25) is 5.91 Å². The van der Waals surface area contributed by atoms with Crippen molar-refractivity contribution in [1.29, 1.82) is 0 Å². The van der Waals surface area contributed by atoms with Crippen LogP contribution in [0, 0.1) is 11.6 Å². The van der Waals surface area contributed by atoms with E-state index in [1.807, 2.05) is 0 Å². The SMILES string of the molecule is CN(CCC(F)(F)F)C(=O)CCCNC(=O)c1ccc(F)cc1F. The molecule has 0 heterocycles. The average Bonchev–Trinajstić information content (AvgIpc) is 2.47. The number of halogens is 5. The maximum absolute atomic E-state index is 13.4. The number of amides is 2. The first kappa shape index (κ1) is 19.9. The molecule has 0 bridgehead atoms.